The predicted octanol–water partition coefficient (Wildman–Crippen LogP) is 4.08. The van der Waals surface area contributed by atoms with Crippen LogP contribution in [0.15, 0.2) is 39.2 Å². The first-order chi connectivity index (χ1) is 16.3. The molecule has 8 nitrogen and oxygen atoms in total. The van der Waals surface area contributed by atoms with Gasteiger partial charge in [-0.1, -0.05) is 46.4 Å². The van der Waals surface area contributed by atoms with Gasteiger partial charge in [0, 0.05) is 37.3 Å². The smallest absolute Gasteiger partial charge is 0.276 e. The number of aromatic amines is 1. The summed E-state index contributed by atoms with van der Waals surface area (Å²) in [5, 5.41) is 4.33. The molecule has 4 rings (SSSR count). The highest BCUT2D eigenvalue weighted by atomic mass is 32.2. The average Bonchev–Trinajstić information content (AvgIpc) is 3.39. The summed E-state index contributed by atoms with van der Waals surface area (Å²) in [5.41, 5.74) is 2.50. The fourth-order valence-electron chi connectivity index (χ4n) is 3.96. The lowest BCUT2D eigenvalue weighted by Gasteiger charge is -2.21. The molecule has 0 fully saturated rings. The first-order valence-electron chi connectivity index (χ1n) is 11.9. The minimum absolute atomic E-state index is 0.171. The van der Waals surface area contributed by atoms with Crippen molar-refractivity contribution in [2.45, 2.75) is 57.8 Å². The summed E-state index contributed by atoms with van der Waals surface area (Å²) in [6.45, 7) is 16.4. The Labute approximate surface area is 205 Å². The van der Waals surface area contributed by atoms with Crippen LogP contribution in [-0.4, -0.2) is 52.4 Å². The molecule has 1 aromatic carbocycles. The van der Waals surface area contributed by atoms with E-state index < -0.39 is 0 Å². The number of aromatic nitrogens is 3. The molecule has 2 N–H and O–H groups in total. The Hall–Kier alpha value is -2.49. The van der Waals surface area contributed by atoms with Crippen LogP contribution >= 0.6 is 11.8 Å². The van der Waals surface area contributed by atoms with Gasteiger partial charge in [-0.3, -0.25) is 9.69 Å². The Morgan fingerprint density at radius 1 is 1.21 bits per heavy atom. The molecule has 0 saturated carbocycles. The second kappa shape index (κ2) is 10.4. The molecular formula is C25H35N5O3S. The maximum absolute atomic E-state index is 12.5. The van der Waals surface area contributed by atoms with Gasteiger partial charge in [-0.15, -0.1) is 0 Å². The second-order valence-electron chi connectivity index (χ2n) is 9.70. The summed E-state index contributed by atoms with van der Waals surface area (Å²) >= 11 is 1.58. The van der Waals surface area contributed by atoms with Crippen molar-refractivity contribution in [1.29, 1.82) is 0 Å². The van der Waals surface area contributed by atoms with Crippen LogP contribution in [0.4, 0.5) is 0 Å². The number of hydrogen-bond acceptors (Lipinski definition) is 7. The minimum atomic E-state index is -0.171. The second-order valence-corrected chi connectivity index (χ2v) is 10.7. The molecule has 0 aliphatic carbocycles. The summed E-state index contributed by atoms with van der Waals surface area (Å²) < 4.78 is 13.5. The number of nitrogens with zero attached hydrogens (tertiary/aromatic N) is 3. The number of H-pyrrole nitrogens is 1. The van der Waals surface area contributed by atoms with E-state index in [2.05, 4.69) is 60.5 Å². The fourth-order valence-corrected chi connectivity index (χ4v) is 5.02. The fraction of sp³-hybridized carbons (Fsp3) is 0.520. The van der Waals surface area contributed by atoms with Crippen LogP contribution in [-0.2, 0) is 13.1 Å². The third-order valence-corrected chi connectivity index (χ3v) is 6.95. The molecule has 2 aromatic heterocycles. The Morgan fingerprint density at radius 2 is 1.94 bits per heavy atom. The van der Waals surface area contributed by atoms with E-state index in [4.69, 9.17) is 14.5 Å². The van der Waals surface area contributed by atoms with Crippen molar-refractivity contribution in [2.75, 3.05) is 33.0 Å². The van der Waals surface area contributed by atoms with E-state index in [1.54, 1.807) is 18.0 Å². The van der Waals surface area contributed by atoms with Crippen molar-refractivity contribution in [3.05, 3.63) is 40.3 Å². The monoisotopic (exact) mass is 485 g/mol. The van der Waals surface area contributed by atoms with E-state index in [0.29, 0.717) is 12.1 Å². The molecule has 0 atom stereocenters. The van der Waals surface area contributed by atoms with Crippen LogP contribution in [0.25, 0.3) is 11.0 Å². The normalized spacial score (nSPS) is 13.4. The van der Waals surface area contributed by atoms with Gasteiger partial charge < -0.3 is 24.3 Å². The van der Waals surface area contributed by atoms with E-state index in [0.717, 1.165) is 65.4 Å². The summed E-state index contributed by atoms with van der Waals surface area (Å²) in [6.07, 6.45) is 1.69. The van der Waals surface area contributed by atoms with Crippen LogP contribution in [0.1, 0.15) is 40.2 Å². The van der Waals surface area contributed by atoms with Gasteiger partial charge in [-0.25, -0.2) is 4.98 Å². The number of ether oxygens (including phenoxy) is 2. The first kappa shape index (κ1) is 24.6. The van der Waals surface area contributed by atoms with Gasteiger partial charge in [0.1, 0.15) is 0 Å². The molecule has 0 unspecified atom stereocenters. The van der Waals surface area contributed by atoms with Crippen LogP contribution in [0.3, 0.4) is 0 Å². The van der Waals surface area contributed by atoms with Crippen molar-refractivity contribution in [2.24, 2.45) is 5.41 Å². The average molecular weight is 486 g/mol. The summed E-state index contributed by atoms with van der Waals surface area (Å²) in [5.74, 6) is 1.53. The van der Waals surface area contributed by atoms with Crippen LogP contribution in [0, 0.1) is 5.41 Å². The summed E-state index contributed by atoms with van der Waals surface area (Å²) in [4.78, 5) is 23.4. The Bertz CT molecular complexity index is 1190. The quantitative estimate of drug-likeness (QED) is 0.419. The standard InChI is InChI=1S/C25H35N5O3S/c1-6-29(7-2)14-17-12-19-20(33-16-32-19)13-21(17)34-24-28-22-18(8-9-27-23(22)31)30(24)11-10-26-15-25(3,4)5/h8-9,12-13,26H,6-7,10-11,14-16H2,1-5H3,(H,27,31). The number of benzene rings is 1. The lowest BCUT2D eigenvalue weighted by atomic mass is 9.97. The van der Waals surface area contributed by atoms with Gasteiger partial charge in [-0.05, 0) is 42.3 Å². The topological polar surface area (TPSA) is 84.4 Å². The van der Waals surface area contributed by atoms with E-state index >= 15 is 0 Å². The van der Waals surface area contributed by atoms with Crippen LogP contribution < -0.4 is 20.3 Å². The summed E-state index contributed by atoms with van der Waals surface area (Å²) in [7, 11) is 0. The Morgan fingerprint density at radius 3 is 2.65 bits per heavy atom. The molecule has 0 saturated heterocycles. The van der Waals surface area contributed by atoms with E-state index in [-0.39, 0.29) is 17.8 Å². The van der Waals surface area contributed by atoms with Gasteiger partial charge in [0.2, 0.25) is 6.79 Å². The zero-order chi connectivity index (χ0) is 24.3. The third kappa shape index (κ3) is 5.59. The lowest BCUT2D eigenvalue weighted by molar-refractivity contribution is 0.174. The molecule has 3 heterocycles. The minimum Gasteiger partial charge on any atom is -0.454 e. The Kier molecular flexibility index (Phi) is 7.54. The number of fused-ring (bicyclic) bond motifs is 2. The lowest BCUT2D eigenvalue weighted by Crippen LogP contribution is -2.29. The van der Waals surface area contributed by atoms with Gasteiger partial charge in [0.05, 0.1) is 5.52 Å². The molecule has 1 aliphatic rings. The molecule has 0 radical (unpaired) electrons. The molecule has 184 valence electrons. The molecule has 0 bridgehead atoms. The van der Waals surface area contributed by atoms with Crippen molar-refractivity contribution < 1.29 is 9.47 Å². The van der Waals surface area contributed by atoms with Crippen LogP contribution in [0.5, 0.6) is 11.5 Å². The highest BCUT2D eigenvalue weighted by molar-refractivity contribution is 7.99. The number of hydrogen-bond donors (Lipinski definition) is 2. The van der Waals surface area contributed by atoms with E-state index in [1.807, 2.05) is 12.1 Å². The van der Waals surface area contributed by atoms with E-state index in [1.165, 1.54) is 0 Å². The number of imidazole rings is 1. The number of pyridine rings is 1. The molecule has 34 heavy (non-hydrogen) atoms. The zero-order valence-corrected chi connectivity index (χ0v) is 21.6. The predicted molar refractivity (Wildman–Crippen MR) is 136 cm³/mol. The molecule has 3 aromatic rings. The largest absolute Gasteiger partial charge is 0.454 e. The molecule has 0 amide bonds. The van der Waals surface area contributed by atoms with Gasteiger partial charge in [0.25, 0.3) is 5.56 Å². The SMILES string of the molecule is CCN(CC)Cc1cc2c(cc1Sc1nc3c(=O)[nH]ccc3n1CCNCC(C)(C)C)OCO2. The molecule has 9 heteroatoms. The van der Waals surface area contributed by atoms with Crippen LogP contribution in [0.2, 0.25) is 0 Å². The van der Waals surface area contributed by atoms with E-state index in [9.17, 15) is 4.79 Å². The highest BCUT2D eigenvalue weighted by Gasteiger charge is 2.22. The first-order valence-corrected chi connectivity index (χ1v) is 12.7. The van der Waals surface area contributed by atoms with Gasteiger partial charge in [0.15, 0.2) is 22.2 Å². The molecular weight excluding hydrogens is 450 g/mol. The number of rotatable bonds is 10. The Balaban J connectivity index is 1.68. The maximum Gasteiger partial charge on any atom is 0.276 e. The number of nitrogens with one attached hydrogen (secondary N) is 2. The summed E-state index contributed by atoms with van der Waals surface area (Å²) in [6, 6.07) is 6.04. The maximum atomic E-state index is 12.5. The van der Waals surface area contributed by atoms with Gasteiger partial charge in [-0.2, -0.15) is 0 Å². The zero-order valence-electron chi connectivity index (χ0n) is 20.7. The van der Waals surface area contributed by atoms with Crippen molar-refractivity contribution >= 4 is 22.8 Å². The third-order valence-electron chi connectivity index (χ3n) is 5.86. The molecule has 1 aliphatic heterocycles. The van der Waals surface area contributed by atoms with Crippen molar-refractivity contribution in [3.63, 3.8) is 0 Å². The van der Waals surface area contributed by atoms with Gasteiger partial charge >= 0.3 is 0 Å². The van der Waals surface area contributed by atoms with Crippen molar-refractivity contribution in [1.82, 2.24) is 24.8 Å². The van der Waals surface area contributed by atoms with Crippen molar-refractivity contribution in [3.8, 4) is 11.5 Å². The molecule has 0 spiro atoms. The highest BCUT2D eigenvalue weighted by Crippen LogP contribution is 2.41.